The van der Waals surface area contributed by atoms with Gasteiger partial charge < -0.3 is 10.5 Å². The summed E-state index contributed by atoms with van der Waals surface area (Å²) in [5.41, 5.74) is 8.33. The highest BCUT2D eigenvalue weighted by atomic mass is 32.2. The van der Waals surface area contributed by atoms with Crippen molar-refractivity contribution in [3.63, 3.8) is 0 Å². The van der Waals surface area contributed by atoms with Gasteiger partial charge in [-0.1, -0.05) is 12.1 Å². The van der Waals surface area contributed by atoms with Gasteiger partial charge in [-0.15, -0.1) is 11.8 Å². The molecule has 1 aromatic heterocycles. The maximum absolute atomic E-state index is 6.22. The minimum Gasteiger partial charge on any atom is -0.497 e. The summed E-state index contributed by atoms with van der Waals surface area (Å²) in [7, 11) is 3.62. The standard InChI is InChI=1S/C14H19N3OS/c1-10-7-14(17(2)16-10)19-9-13(15)11-5-4-6-12(8-11)18-3/h4-8,13H,9,15H2,1-3H3. The molecule has 0 spiro atoms. The first-order valence-corrected chi connectivity index (χ1v) is 7.11. The maximum atomic E-state index is 6.22. The lowest BCUT2D eigenvalue weighted by molar-refractivity contribution is 0.414. The van der Waals surface area contributed by atoms with Gasteiger partial charge in [0.1, 0.15) is 5.75 Å². The third-order valence-corrected chi connectivity index (χ3v) is 4.10. The van der Waals surface area contributed by atoms with Gasteiger partial charge in [0.15, 0.2) is 0 Å². The number of thioether (sulfide) groups is 1. The van der Waals surface area contributed by atoms with Crippen LogP contribution in [0, 0.1) is 6.92 Å². The predicted molar refractivity (Wildman–Crippen MR) is 78.6 cm³/mol. The molecule has 2 rings (SSSR count). The van der Waals surface area contributed by atoms with E-state index in [0.717, 1.165) is 27.8 Å². The lowest BCUT2D eigenvalue weighted by atomic mass is 10.1. The average Bonchev–Trinajstić information content (AvgIpc) is 2.74. The molecule has 102 valence electrons. The van der Waals surface area contributed by atoms with Gasteiger partial charge in [-0.2, -0.15) is 5.10 Å². The van der Waals surface area contributed by atoms with Crippen LogP contribution in [0.3, 0.4) is 0 Å². The Morgan fingerprint density at radius 2 is 2.21 bits per heavy atom. The van der Waals surface area contributed by atoms with Gasteiger partial charge in [0.2, 0.25) is 0 Å². The largest absolute Gasteiger partial charge is 0.497 e. The molecule has 19 heavy (non-hydrogen) atoms. The highest BCUT2D eigenvalue weighted by Gasteiger charge is 2.10. The first-order chi connectivity index (χ1) is 9.10. The summed E-state index contributed by atoms with van der Waals surface area (Å²) < 4.78 is 7.10. The Balaban J connectivity index is 2.00. The lowest BCUT2D eigenvalue weighted by Gasteiger charge is -2.12. The van der Waals surface area contributed by atoms with Crippen LogP contribution in [0.1, 0.15) is 17.3 Å². The zero-order valence-corrected chi connectivity index (χ0v) is 12.3. The number of aromatic nitrogens is 2. The Morgan fingerprint density at radius 3 is 2.84 bits per heavy atom. The van der Waals surface area contributed by atoms with E-state index in [1.54, 1.807) is 18.9 Å². The van der Waals surface area contributed by atoms with E-state index in [9.17, 15) is 0 Å². The second-order valence-electron chi connectivity index (χ2n) is 4.44. The van der Waals surface area contributed by atoms with Crippen molar-refractivity contribution in [1.29, 1.82) is 0 Å². The van der Waals surface area contributed by atoms with E-state index in [4.69, 9.17) is 10.5 Å². The van der Waals surface area contributed by atoms with Gasteiger partial charge in [-0.05, 0) is 30.7 Å². The Labute approximate surface area is 117 Å². The van der Waals surface area contributed by atoms with Crippen LogP contribution in [0.4, 0.5) is 0 Å². The van der Waals surface area contributed by atoms with E-state index >= 15 is 0 Å². The van der Waals surface area contributed by atoms with E-state index in [2.05, 4.69) is 11.2 Å². The number of hydrogen-bond donors (Lipinski definition) is 1. The van der Waals surface area contributed by atoms with E-state index in [0.29, 0.717) is 0 Å². The molecular weight excluding hydrogens is 258 g/mol. The Hall–Kier alpha value is -1.46. The number of hydrogen-bond acceptors (Lipinski definition) is 4. The van der Waals surface area contributed by atoms with Crippen LogP contribution >= 0.6 is 11.8 Å². The van der Waals surface area contributed by atoms with Crippen LogP contribution in [-0.2, 0) is 7.05 Å². The molecule has 1 atom stereocenters. The maximum Gasteiger partial charge on any atom is 0.119 e. The summed E-state index contributed by atoms with van der Waals surface area (Å²) in [5.74, 6) is 1.65. The van der Waals surface area contributed by atoms with Gasteiger partial charge in [0.25, 0.3) is 0 Å². The smallest absolute Gasteiger partial charge is 0.119 e. The summed E-state index contributed by atoms with van der Waals surface area (Å²) in [6.45, 7) is 1.99. The molecule has 0 aliphatic rings. The van der Waals surface area contributed by atoms with Crippen LogP contribution in [0.25, 0.3) is 0 Å². The van der Waals surface area contributed by atoms with E-state index in [-0.39, 0.29) is 6.04 Å². The fraction of sp³-hybridized carbons (Fsp3) is 0.357. The molecule has 0 aliphatic carbocycles. The molecule has 0 aliphatic heterocycles. The minimum atomic E-state index is -0.0182. The molecule has 0 fully saturated rings. The SMILES string of the molecule is COc1cccc(C(N)CSc2cc(C)nn2C)c1. The number of benzene rings is 1. The Morgan fingerprint density at radius 1 is 1.42 bits per heavy atom. The fourth-order valence-electron chi connectivity index (χ4n) is 1.87. The second kappa shape index (κ2) is 6.12. The summed E-state index contributed by atoms with van der Waals surface area (Å²) in [6.07, 6.45) is 0. The molecule has 0 saturated carbocycles. The van der Waals surface area contributed by atoms with E-state index in [1.807, 2.05) is 42.9 Å². The second-order valence-corrected chi connectivity index (χ2v) is 5.48. The number of methoxy groups -OCH3 is 1. The topological polar surface area (TPSA) is 53.1 Å². The predicted octanol–water partition coefficient (Wildman–Crippen LogP) is 2.53. The molecule has 1 aromatic carbocycles. The molecule has 5 heteroatoms. The summed E-state index contributed by atoms with van der Waals surface area (Å²) in [6, 6.07) is 9.96. The lowest BCUT2D eigenvalue weighted by Crippen LogP contribution is -2.13. The molecule has 0 bridgehead atoms. The van der Waals surface area contributed by atoms with Crippen molar-refractivity contribution < 1.29 is 4.74 Å². The number of nitrogens with two attached hydrogens (primary N) is 1. The van der Waals surface area contributed by atoms with Crippen LogP contribution in [0.2, 0.25) is 0 Å². The quantitative estimate of drug-likeness (QED) is 0.853. The Bertz CT molecular complexity index is 553. The molecule has 0 saturated heterocycles. The summed E-state index contributed by atoms with van der Waals surface area (Å²) in [4.78, 5) is 0. The zero-order chi connectivity index (χ0) is 13.8. The molecule has 2 aromatic rings. The summed E-state index contributed by atoms with van der Waals surface area (Å²) >= 11 is 1.72. The normalized spacial score (nSPS) is 12.4. The number of ether oxygens (including phenoxy) is 1. The first-order valence-electron chi connectivity index (χ1n) is 6.13. The van der Waals surface area contributed by atoms with E-state index in [1.165, 1.54) is 0 Å². The van der Waals surface area contributed by atoms with Crippen molar-refractivity contribution >= 4 is 11.8 Å². The highest BCUT2D eigenvalue weighted by molar-refractivity contribution is 7.99. The molecular formula is C14H19N3OS. The van der Waals surface area contributed by atoms with Gasteiger partial charge in [0, 0.05) is 18.8 Å². The van der Waals surface area contributed by atoms with Crippen LogP contribution in [0.15, 0.2) is 35.4 Å². The molecule has 4 nitrogen and oxygen atoms in total. The molecule has 0 amide bonds. The third kappa shape index (κ3) is 3.52. The van der Waals surface area contributed by atoms with Crippen molar-refractivity contribution in [2.75, 3.05) is 12.9 Å². The van der Waals surface area contributed by atoms with Gasteiger partial charge in [-0.3, -0.25) is 4.68 Å². The molecule has 0 radical (unpaired) electrons. The van der Waals surface area contributed by atoms with Crippen molar-refractivity contribution in [2.24, 2.45) is 12.8 Å². The number of rotatable bonds is 5. The fourth-order valence-corrected chi connectivity index (χ4v) is 2.89. The first kappa shape index (κ1) is 14.0. The Kier molecular flexibility index (Phi) is 4.50. The van der Waals surface area contributed by atoms with E-state index < -0.39 is 0 Å². The van der Waals surface area contributed by atoms with Crippen LogP contribution in [-0.4, -0.2) is 22.6 Å². The third-order valence-electron chi connectivity index (χ3n) is 2.89. The monoisotopic (exact) mass is 277 g/mol. The minimum absolute atomic E-state index is 0.0182. The van der Waals surface area contributed by atoms with Crippen LogP contribution in [0.5, 0.6) is 5.75 Å². The molecule has 2 N–H and O–H groups in total. The van der Waals surface area contributed by atoms with Crippen molar-refractivity contribution in [2.45, 2.75) is 18.0 Å². The van der Waals surface area contributed by atoms with Crippen molar-refractivity contribution in [3.05, 3.63) is 41.6 Å². The zero-order valence-electron chi connectivity index (χ0n) is 11.5. The number of nitrogens with zero attached hydrogens (tertiary/aromatic N) is 2. The van der Waals surface area contributed by atoms with Crippen molar-refractivity contribution in [1.82, 2.24) is 9.78 Å². The summed E-state index contributed by atoms with van der Waals surface area (Å²) in [5, 5.41) is 5.46. The number of aryl methyl sites for hydroxylation is 2. The molecule has 1 heterocycles. The van der Waals surface area contributed by atoms with Gasteiger partial charge in [-0.25, -0.2) is 0 Å². The molecule has 1 unspecified atom stereocenters. The van der Waals surface area contributed by atoms with Crippen LogP contribution < -0.4 is 10.5 Å². The van der Waals surface area contributed by atoms with Gasteiger partial charge in [0.05, 0.1) is 17.8 Å². The van der Waals surface area contributed by atoms with Gasteiger partial charge >= 0.3 is 0 Å². The van der Waals surface area contributed by atoms with Crippen molar-refractivity contribution in [3.8, 4) is 5.75 Å². The average molecular weight is 277 g/mol. The highest BCUT2D eigenvalue weighted by Crippen LogP contribution is 2.25.